The highest BCUT2D eigenvalue weighted by molar-refractivity contribution is 9.10. The Bertz CT molecular complexity index is 940. The smallest absolute Gasteiger partial charge is 0.257 e. The van der Waals surface area contributed by atoms with Gasteiger partial charge in [-0.15, -0.1) is 0 Å². The summed E-state index contributed by atoms with van der Waals surface area (Å²) in [7, 11) is 0. The molecule has 148 valence electrons. The maximum Gasteiger partial charge on any atom is 0.257 e. The van der Waals surface area contributed by atoms with Crippen LogP contribution in [0.3, 0.4) is 0 Å². The molecule has 0 radical (unpaired) electrons. The molecule has 1 nitrogen and oxygen atoms in total. The van der Waals surface area contributed by atoms with E-state index in [2.05, 4.69) is 15.9 Å². The van der Waals surface area contributed by atoms with Crippen molar-refractivity contribution in [3.8, 4) is 0 Å². The maximum atomic E-state index is 14.9. The van der Waals surface area contributed by atoms with Crippen LogP contribution >= 0.6 is 15.9 Å². The van der Waals surface area contributed by atoms with Gasteiger partial charge in [0.2, 0.25) is 0 Å². The fourth-order valence-electron chi connectivity index (χ4n) is 4.55. The largest absolute Gasteiger partial charge is 0.283 e. The first-order valence-corrected chi connectivity index (χ1v) is 10.0. The second-order valence-electron chi connectivity index (χ2n) is 7.82. The standard InChI is InChI=1S/C22H20BrF4N/c1-12-7-16-15-6-4-3-5-13(15)8-17(16)21(28(12)11-22(2,26)27)20-18(24)9-14(23)10-19(20)25/h3-6,9-10,12,21H,7-8,11H2,1-2H3/t12-,21+/m1/s1. The molecule has 2 aromatic carbocycles. The van der Waals surface area contributed by atoms with Gasteiger partial charge in [-0.05, 0) is 54.2 Å². The summed E-state index contributed by atoms with van der Waals surface area (Å²) in [4.78, 5) is 1.56. The van der Waals surface area contributed by atoms with Crippen LogP contribution in [0.2, 0.25) is 0 Å². The van der Waals surface area contributed by atoms with Gasteiger partial charge in [0, 0.05) is 23.0 Å². The van der Waals surface area contributed by atoms with E-state index in [0.717, 1.165) is 29.2 Å². The Morgan fingerprint density at radius 1 is 1.14 bits per heavy atom. The van der Waals surface area contributed by atoms with Gasteiger partial charge in [0.15, 0.2) is 0 Å². The number of hydrogen-bond acceptors (Lipinski definition) is 1. The lowest BCUT2D eigenvalue weighted by Gasteiger charge is -2.43. The van der Waals surface area contributed by atoms with Gasteiger partial charge in [-0.3, -0.25) is 4.90 Å². The number of halogens is 5. The molecule has 1 aliphatic heterocycles. The zero-order chi connectivity index (χ0) is 20.2. The number of alkyl halides is 2. The predicted molar refractivity (Wildman–Crippen MR) is 105 cm³/mol. The third kappa shape index (κ3) is 3.41. The van der Waals surface area contributed by atoms with Crippen LogP contribution in [0.25, 0.3) is 5.57 Å². The fourth-order valence-corrected chi connectivity index (χ4v) is 4.95. The molecular weight excluding hydrogens is 434 g/mol. The molecule has 0 aromatic heterocycles. The zero-order valence-corrected chi connectivity index (χ0v) is 17.2. The normalized spacial score (nSPS) is 22.4. The van der Waals surface area contributed by atoms with Gasteiger partial charge >= 0.3 is 0 Å². The number of hydrogen-bond donors (Lipinski definition) is 0. The van der Waals surface area contributed by atoms with E-state index in [9.17, 15) is 17.6 Å². The van der Waals surface area contributed by atoms with Crippen molar-refractivity contribution in [1.29, 1.82) is 0 Å². The van der Waals surface area contributed by atoms with Crippen molar-refractivity contribution in [1.82, 2.24) is 4.90 Å². The summed E-state index contributed by atoms with van der Waals surface area (Å²) < 4.78 is 58.1. The third-order valence-corrected chi connectivity index (χ3v) is 6.07. The first kappa shape index (κ1) is 19.6. The van der Waals surface area contributed by atoms with Crippen molar-refractivity contribution >= 4 is 21.5 Å². The fraction of sp³-hybridized carbons (Fsp3) is 0.364. The van der Waals surface area contributed by atoms with E-state index in [4.69, 9.17) is 0 Å². The highest BCUT2D eigenvalue weighted by Crippen LogP contribution is 2.50. The molecule has 1 aliphatic carbocycles. The van der Waals surface area contributed by atoms with Crippen LogP contribution < -0.4 is 0 Å². The molecule has 2 atom stereocenters. The Balaban J connectivity index is 1.91. The van der Waals surface area contributed by atoms with Crippen LogP contribution in [0.5, 0.6) is 0 Å². The van der Waals surface area contributed by atoms with Crippen molar-refractivity contribution in [2.24, 2.45) is 0 Å². The SMILES string of the molecule is C[C@@H]1CC2=C(Cc3ccccc32)[C@@H](c2c(F)cc(Br)cc2F)N1CC(C)(F)F. The van der Waals surface area contributed by atoms with E-state index in [1.54, 1.807) is 4.90 Å². The van der Waals surface area contributed by atoms with E-state index in [1.807, 2.05) is 31.2 Å². The summed E-state index contributed by atoms with van der Waals surface area (Å²) >= 11 is 3.10. The third-order valence-electron chi connectivity index (χ3n) is 5.62. The second-order valence-corrected chi connectivity index (χ2v) is 8.73. The van der Waals surface area contributed by atoms with E-state index in [-0.39, 0.29) is 16.1 Å². The van der Waals surface area contributed by atoms with Gasteiger partial charge < -0.3 is 0 Å². The summed E-state index contributed by atoms with van der Waals surface area (Å²) in [5.41, 5.74) is 3.84. The Morgan fingerprint density at radius 3 is 2.43 bits per heavy atom. The molecule has 0 saturated carbocycles. The minimum Gasteiger partial charge on any atom is -0.283 e. The van der Waals surface area contributed by atoms with Gasteiger partial charge in [-0.2, -0.15) is 0 Å². The van der Waals surface area contributed by atoms with Crippen molar-refractivity contribution in [2.75, 3.05) is 6.54 Å². The first-order chi connectivity index (χ1) is 13.2. The molecule has 2 aromatic rings. The number of fused-ring (bicyclic) bond motifs is 2. The molecule has 0 saturated heterocycles. The summed E-state index contributed by atoms with van der Waals surface area (Å²) in [6.45, 7) is 2.14. The molecule has 1 heterocycles. The van der Waals surface area contributed by atoms with Crippen molar-refractivity contribution < 1.29 is 17.6 Å². The molecule has 6 heteroatoms. The zero-order valence-electron chi connectivity index (χ0n) is 15.6. The number of rotatable bonds is 3. The van der Waals surface area contributed by atoms with Crippen LogP contribution in [-0.4, -0.2) is 23.4 Å². The van der Waals surface area contributed by atoms with E-state index in [1.165, 1.54) is 12.1 Å². The number of nitrogens with zero attached hydrogens (tertiary/aromatic N) is 1. The van der Waals surface area contributed by atoms with Gasteiger partial charge in [-0.1, -0.05) is 40.2 Å². The van der Waals surface area contributed by atoms with Crippen LogP contribution in [0.4, 0.5) is 17.6 Å². The van der Waals surface area contributed by atoms with E-state index < -0.39 is 30.1 Å². The molecule has 0 amide bonds. The quantitative estimate of drug-likeness (QED) is 0.477. The van der Waals surface area contributed by atoms with Crippen LogP contribution in [-0.2, 0) is 6.42 Å². The summed E-state index contributed by atoms with van der Waals surface area (Å²) in [6.07, 6.45) is 1.10. The summed E-state index contributed by atoms with van der Waals surface area (Å²) in [5, 5.41) is 0. The molecule has 28 heavy (non-hydrogen) atoms. The molecule has 0 N–H and O–H groups in total. The lowest BCUT2D eigenvalue weighted by molar-refractivity contribution is -0.0362. The monoisotopic (exact) mass is 453 g/mol. The lowest BCUT2D eigenvalue weighted by Crippen LogP contribution is -2.46. The predicted octanol–water partition coefficient (Wildman–Crippen LogP) is 6.53. The van der Waals surface area contributed by atoms with Crippen LogP contribution in [0.1, 0.15) is 43.0 Å². The molecule has 2 aliphatic rings. The van der Waals surface area contributed by atoms with Crippen molar-refractivity contribution in [3.63, 3.8) is 0 Å². The van der Waals surface area contributed by atoms with E-state index in [0.29, 0.717) is 12.8 Å². The second kappa shape index (κ2) is 6.99. The Labute approximate surface area is 170 Å². The molecule has 0 unspecified atom stereocenters. The molecule has 0 spiro atoms. The first-order valence-electron chi connectivity index (χ1n) is 9.24. The Kier molecular flexibility index (Phi) is 4.91. The lowest BCUT2D eigenvalue weighted by atomic mass is 9.84. The molecular formula is C22H20BrF4N. The van der Waals surface area contributed by atoms with Gasteiger partial charge in [0.25, 0.3) is 5.92 Å². The van der Waals surface area contributed by atoms with Crippen molar-refractivity contribution in [2.45, 2.75) is 44.7 Å². The van der Waals surface area contributed by atoms with Gasteiger partial charge in [0.05, 0.1) is 12.6 Å². The average molecular weight is 454 g/mol. The average Bonchev–Trinajstić information content (AvgIpc) is 2.94. The van der Waals surface area contributed by atoms with Gasteiger partial charge in [-0.25, -0.2) is 17.6 Å². The Morgan fingerprint density at radius 2 is 1.79 bits per heavy atom. The Hall–Kier alpha value is -1.66. The van der Waals surface area contributed by atoms with Gasteiger partial charge in [0.1, 0.15) is 11.6 Å². The van der Waals surface area contributed by atoms with Crippen molar-refractivity contribution in [3.05, 3.63) is 74.8 Å². The minimum absolute atomic E-state index is 0.153. The summed E-state index contributed by atoms with van der Waals surface area (Å²) in [6, 6.07) is 9.11. The minimum atomic E-state index is -2.97. The highest BCUT2D eigenvalue weighted by Gasteiger charge is 2.43. The van der Waals surface area contributed by atoms with E-state index >= 15 is 0 Å². The van der Waals surface area contributed by atoms with Crippen LogP contribution in [0.15, 0.2) is 46.4 Å². The summed E-state index contributed by atoms with van der Waals surface area (Å²) in [5.74, 6) is -4.42. The maximum absolute atomic E-state index is 14.9. The molecule has 0 fully saturated rings. The highest BCUT2D eigenvalue weighted by atomic mass is 79.9. The molecule has 0 bridgehead atoms. The topological polar surface area (TPSA) is 3.24 Å². The van der Waals surface area contributed by atoms with Crippen LogP contribution in [0, 0.1) is 11.6 Å². The number of benzene rings is 2. The molecule has 4 rings (SSSR count).